The third-order valence-electron chi connectivity index (χ3n) is 2.25. The lowest BCUT2D eigenvalue weighted by Gasteiger charge is -2.11. The monoisotopic (exact) mass is 253 g/mol. The largest absolute Gasteiger partial charge is 0.496 e. The summed E-state index contributed by atoms with van der Waals surface area (Å²) in [6.07, 6.45) is -1.43. The van der Waals surface area contributed by atoms with Gasteiger partial charge in [0.05, 0.1) is 19.2 Å². The topological polar surface area (TPSA) is 128 Å². The van der Waals surface area contributed by atoms with Crippen LogP contribution in [0.1, 0.15) is 10.4 Å². The predicted octanol–water partition coefficient (Wildman–Crippen LogP) is -1.15. The average molecular weight is 253 g/mol. The number of aliphatic hydroxyl groups excluding tert-OH is 1. The van der Waals surface area contributed by atoms with Gasteiger partial charge >= 0.3 is 0 Å². The molecule has 98 valence electrons. The highest BCUT2D eigenvalue weighted by atomic mass is 16.5. The van der Waals surface area contributed by atoms with Gasteiger partial charge in [0.2, 0.25) is 5.91 Å². The van der Waals surface area contributed by atoms with Crippen molar-refractivity contribution in [2.75, 3.05) is 19.4 Å². The quantitative estimate of drug-likeness (QED) is 0.493. The molecule has 1 aromatic carbocycles. The van der Waals surface area contributed by atoms with E-state index in [0.29, 0.717) is 11.4 Å². The van der Waals surface area contributed by atoms with Crippen LogP contribution in [0.5, 0.6) is 5.75 Å². The minimum Gasteiger partial charge on any atom is -0.496 e. The second-order valence-electron chi connectivity index (χ2n) is 3.59. The Hall–Kier alpha value is -2.28. The van der Waals surface area contributed by atoms with Crippen molar-refractivity contribution in [2.24, 2.45) is 5.73 Å². The van der Waals surface area contributed by atoms with Crippen LogP contribution >= 0.6 is 0 Å². The van der Waals surface area contributed by atoms with E-state index in [0.717, 1.165) is 0 Å². The number of amides is 2. The van der Waals surface area contributed by atoms with Gasteiger partial charge in [-0.2, -0.15) is 0 Å². The molecule has 7 nitrogen and oxygen atoms in total. The van der Waals surface area contributed by atoms with Gasteiger partial charge in [-0.25, -0.2) is 0 Å². The number of anilines is 1. The SMILES string of the molecule is COc1ccc(N)cc1C(=O)NCC(O)C(N)=O. The number of nitrogens with one attached hydrogen (secondary N) is 1. The smallest absolute Gasteiger partial charge is 0.255 e. The molecule has 0 radical (unpaired) electrons. The van der Waals surface area contributed by atoms with Gasteiger partial charge in [0.25, 0.3) is 5.91 Å². The fourth-order valence-electron chi connectivity index (χ4n) is 1.29. The summed E-state index contributed by atoms with van der Waals surface area (Å²) in [5, 5.41) is 11.5. The summed E-state index contributed by atoms with van der Waals surface area (Å²) in [5.41, 5.74) is 11.0. The Balaban J connectivity index is 2.78. The van der Waals surface area contributed by atoms with Gasteiger partial charge in [-0.15, -0.1) is 0 Å². The van der Waals surface area contributed by atoms with Crippen molar-refractivity contribution in [3.05, 3.63) is 23.8 Å². The third kappa shape index (κ3) is 3.36. The van der Waals surface area contributed by atoms with Crippen LogP contribution in [0.15, 0.2) is 18.2 Å². The summed E-state index contributed by atoms with van der Waals surface area (Å²) >= 11 is 0. The Morgan fingerprint density at radius 1 is 1.50 bits per heavy atom. The van der Waals surface area contributed by atoms with Crippen molar-refractivity contribution in [1.29, 1.82) is 0 Å². The minimum absolute atomic E-state index is 0.217. The number of aliphatic hydroxyl groups is 1. The molecule has 0 saturated carbocycles. The number of ether oxygens (including phenoxy) is 1. The number of methoxy groups -OCH3 is 1. The lowest BCUT2D eigenvalue weighted by atomic mass is 10.1. The zero-order valence-corrected chi connectivity index (χ0v) is 9.84. The van der Waals surface area contributed by atoms with Gasteiger partial charge in [0, 0.05) is 5.69 Å². The van der Waals surface area contributed by atoms with E-state index in [1.54, 1.807) is 12.1 Å². The second-order valence-corrected chi connectivity index (χ2v) is 3.59. The normalized spacial score (nSPS) is 11.7. The summed E-state index contributed by atoms with van der Waals surface area (Å²) in [5.74, 6) is -1.08. The molecule has 18 heavy (non-hydrogen) atoms. The molecule has 1 rings (SSSR count). The van der Waals surface area contributed by atoms with Crippen molar-refractivity contribution >= 4 is 17.5 Å². The van der Waals surface area contributed by atoms with E-state index in [1.165, 1.54) is 13.2 Å². The van der Waals surface area contributed by atoms with Gasteiger partial charge in [-0.3, -0.25) is 9.59 Å². The molecule has 7 heteroatoms. The number of hydrogen-bond acceptors (Lipinski definition) is 5. The van der Waals surface area contributed by atoms with Crippen LogP contribution in [0.2, 0.25) is 0 Å². The van der Waals surface area contributed by atoms with Crippen LogP contribution in [-0.2, 0) is 4.79 Å². The fraction of sp³-hybridized carbons (Fsp3) is 0.273. The molecular formula is C11H15N3O4. The predicted molar refractivity (Wildman–Crippen MR) is 64.9 cm³/mol. The Labute approximate surface area is 104 Å². The Morgan fingerprint density at radius 3 is 2.72 bits per heavy atom. The number of hydrogen-bond donors (Lipinski definition) is 4. The van der Waals surface area contributed by atoms with Gasteiger partial charge in [0.15, 0.2) is 0 Å². The second kappa shape index (κ2) is 5.87. The molecule has 0 aromatic heterocycles. The molecule has 0 aliphatic carbocycles. The van der Waals surface area contributed by atoms with Crippen LogP contribution in [0.3, 0.4) is 0 Å². The van der Waals surface area contributed by atoms with E-state index in [9.17, 15) is 9.59 Å². The summed E-state index contributed by atoms with van der Waals surface area (Å²) in [4.78, 5) is 22.4. The van der Waals surface area contributed by atoms with Crippen molar-refractivity contribution in [1.82, 2.24) is 5.32 Å². The van der Waals surface area contributed by atoms with Gasteiger partial charge in [0.1, 0.15) is 11.9 Å². The minimum atomic E-state index is -1.43. The molecule has 1 unspecified atom stereocenters. The molecule has 0 aliphatic heterocycles. The van der Waals surface area contributed by atoms with Crippen molar-refractivity contribution in [3.8, 4) is 5.75 Å². The summed E-state index contributed by atoms with van der Waals surface area (Å²) in [6.45, 7) is -0.272. The highest BCUT2D eigenvalue weighted by Crippen LogP contribution is 2.20. The number of nitrogen functional groups attached to an aromatic ring is 1. The highest BCUT2D eigenvalue weighted by Gasteiger charge is 2.16. The zero-order chi connectivity index (χ0) is 13.7. The standard InChI is InChI=1S/C11H15N3O4/c1-18-9-3-2-6(12)4-7(9)11(17)14-5-8(15)10(13)16/h2-4,8,15H,5,12H2,1H3,(H2,13,16)(H,14,17). The first-order valence-corrected chi connectivity index (χ1v) is 5.14. The summed E-state index contributed by atoms with van der Waals surface area (Å²) < 4.78 is 5.01. The maximum atomic E-state index is 11.8. The Morgan fingerprint density at radius 2 is 2.17 bits per heavy atom. The highest BCUT2D eigenvalue weighted by molar-refractivity contribution is 5.98. The molecule has 0 heterocycles. The molecular weight excluding hydrogens is 238 g/mol. The molecule has 1 atom stereocenters. The maximum Gasteiger partial charge on any atom is 0.255 e. The number of primary amides is 1. The molecule has 0 aliphatic rings. The van der Waals surface area contributed by atoms with Crippen LogP contribution in [0.25, 0.3) is 0 Å². The number of carbonyl (C=O) groups is 2. The van der Waals surface area contributed by atoms with Crippen molar-refractivity contribution < 1.29 is 19.4 Å². The molecule has 2 amide bonds. The Kier molecular flexibility index (Phi) is 4.50. The zero-order valence-electron chi connectivity index (χ0n) is 9.84. The molecule has 1 aromatic rings. The van der Waals surface area contributed by atoms with E-state index in [-0.39, 0.29) is 12.1 Å². The van der Waals surface area contributed by atoms with Crippen LogP contribution in [-0.4, -0.2) is 36.7 Å². The number of carbonyl (C=O) groups excluding carboxylic acids is 2. The van der Waals surface area contributed by atoms with E-state index < -0.39 is 17.9 Å². The van der Waals surface area contributed by atoms with E-state index in [2.05, 4.69) is 5.32 Å². The first-order valence-electron chi connectivity index (χ1n) is 5.14. The summed E-state index contributed by atoms with van der Waals surface area (Å²) in [6, 6.07) is 4.58. The van der Waals surface area contributed by atoms with Gasteiger partial charge < -0.3 is 26.6 Å². The summed E-state index contributed by atoms with van der Waals surface area (Å²) in [7, 11) is 1.42. The van der Waals surface area contributed by atoms with E-state index in [1.807, 2.05) is 0 Å². The Bertz CT molecular complexity index is 462. The lowest BCUT2D eigenvalue weighted by Crippen LogP contribution is -2.40. The first kappa shape index (κ1) is 13.8. The van der Waals surface area contributed by atoms with Crippen molar-refractivity contribution in [3.63, 3.8) is 0 Å². The maximum absolute atomic E-state index is 11.8. The average Bonchev–Trinajstić information content (AvgIpc) is 2.35. The third-order valence-corrected chi connectivity index (χ3v) is 2.25. The number of benzene rings is 1. The molecule has 0 bridgehead atoms. The van der Waals surface area contributed by atoms with Crippen molar-refractivity contribution in [2.45, 2.75) is 6.10 Å². The van der Waals surface area contributed by atoms with Crippen LogP contribution < -0.4 is 21.5 Å². The number of rotatable bonds is 5. The van der Waals surface area contributed by atoms with Gasteiger partial charge in [-0.1, -0.05) is 0 Å². The van der Waals surface area contributed by atoms with Gasteiger partial charge in [-0.05, 0) is 18.2 Å². The van der Waals surface area contributed by atoms with E-state index in [4.69, 9.17) is 21.3 Å². The number of nitrogens with two attached hydrogens (primary N) is 2. The molecule has 0 fully saturated rings. The fourth-order valence-corrected chi connectivity index (χ4v) is 1.29. The lowest BCUT2D eigenvalue weighted by molar-refractivity contribution is -0.125. The molecule has 0 saturated heterocycles. The van der Waals surface area contributed by atoms with Crippen LogP contribution in [0, 0.1) is 0 Å². The molecule has 6 N–H and O–H groups in total. The van der Waals surface area contributed by atoms with Crippen LogP contribution in [0.4, 0.5) is 5.69 Å². The first-order chi connectivity index (χ1) is 8.45. The van der Waals surface area contributed by atoms with E-state index >= 15 is 0 Å². The molecule has 0 spiro atoms.